The van der Waals surface area contributed by atoms with Crippen LogP contribution in [0.1, 0.15) is 52.9 Å². The van der Waals surface area contributed by atoms with Crippen molar-refractivity contribution in [2.24, 2.45) is 15.0 Å². The van der Waals surface area contributed by atoms with Crippen LogP contribution < -0.4 is 21.7 Å². The van der Waals surface area contributed by atoms with E-state index in [9.17, 15) is 0 Å². The third-order valence-corrected chi connectivity index (χ3v) is 7.39. The van der Waals surface area contributed by atoms with Gasteiger partial charge in [-0.25, -0.2) is 9.98 Å². The van der Waals surface area contributed by atoms with Crippen molar-refractivity contribution in [1.82, 2.24) is 15.0 Å². The zero-order valence-electron chi connectivity index (χ0n) is 20.1. The molecule has 2 aliphatic rings. The molecule has 6 nitrogen and oxygen atoms in total. The Hall–Kier alpha value is -3.41. The number of aromatic nitrogens is 3. The van der Waals surface area contributed by atoms with E-state index in [0.29, 0.717) is 0 Å². The van der Waals surface area contributed by atoms with Gasteiger partial charge in [-0.05, 0) is 112 Å². The second kappa shape index (κ2) is 7.05. The second-order valence-electron chi connectivity index (χ2n) is 9.14. The van der Waals surface area contributed by atoms with E-state index in [1.54, 1.807) is 0 Å². The van der Waals surface area contributed by atoms with Gasteiger partial charge in [0, 0.05) is 16.4 Å². The maximum Gasteiger partial charge on any atom is 0.164 e. The van der Waals surface area contributed by atoms with Crippen LogP contribution >= 0.6 is 0 Å². The summed E-state index contributed by atoms with van der Waals surface area (Å²) in [6, 6.07) is 0. The molecule has 5 rings (SSSR count). The van der Waals surface area contributed by atoms with Gasteiger partial charge in [-0.2, -0.15) is 0 Å². The predicted octanol–water partition coefficient (Wildman–Crippen LogP) is 2.83. The third-order valence-electron chi connectivity index (χ3n) is 7.39. The van der Waals surface area contributed by atoms with Gasteiger partial charge in [-0.1, -0.05) is 0 Å². The van der Waals surface area contributed by atoms with E-state index in [2.05, 4.69) is 82.5 Å². The van der Waals surface area contributed by atoms with E-state index in [4.69, 9.17) is 15.0 Å². The van der Waals surface area contributed by atoms with E-state index < -0.39 is 0 Å². The molecule has 8 bridgehead atoms. The van der Waals surface area contributed by atoms with Gasteiger partial charge < -0.3 is 15.0 Å². The molecule has 0 saturated carbocycles. The number of aromatic amines is 3. The first-order valence-electron chi connectivity index (χ1n) is 11.1. The second-order valence-corrected chi connectivity index (χ2v) is 9.14. The largest absolute Gasteiger partial charge is 0.340 e. The fraction of sp³-hybridized carbons (Fsp3) is 0.346. The van der Waals surface area contributed by atoms with Gasteiger partial charge in [-0.15, -0.1) is 0 Å². The molecule has 2 aliphatic heterocycles. The summed E-state index contributed by atoms with van der Waals surface area (Å²) in [5, 5.41) is 2.10. The van der Waals surface area contributed by atoms with Crippen LogP contribution in [-0.2, 0) is 0 Å². The minimum Gasteiger partial charge on any atom is -0.340 e. The van der Waals surface area contributed by atoms with Crippen molar-refractivity contribution in [3.8, 4) is 0 Å². The first-order chi connectivity index (χ1) is 15.2. The number of aliphatic imine (C=N–C) groups is 1. The fourth-order valence-electron chi connectivity index (χ4n) is 4.38. The lowest BCUT2D eigenvalue weighted by Crippen LogP contribution is -2.16. The lowest BCUT2D eigenvalue weighted by Gasteiger charge is -2.02. The van der Waals surface area contributed by atoms with E-state index >= 15 is 0 Å². The highest BCUT2D eigenvalue weighted by molar-refractivity contribution is 6.22. The maximum absolute atomic E-state index is 5.01. The Kier molecular flexibility index (Phi) is 4.52. The lowest BCUT2D eigenvalue weighted by atomic mass is 10.1. The van der Waals surface area contributed by atoms with Crippen LogP contribution in [0.3, 0.4) is 0 Å². The summed E-state index contributed by atoms with van der Waals surface area (Å²) in [7, 11) is 0. The molecule has 6 heteroatoms. The van der Waals surface area contributed by atoms with Crippen LogP contribution in [0.15, 0.2) is 26.1 Å². The molecule has 0 aliphatic carbocycles. The lowest BCUT2D eigenvalue weighted by molar-refractivity contribution is 0.794. The molecule has 0 aromatic carbocycles. The van der Waals surface area contributed by atoms with Gasteiger partial charge >= 0.3 is 0 Å². The summed E-state index contributed by atoms with van der Waals surface area (Å²) in [6.45, 7) is 17.0. The topological polar surface area (TPSA) is 84.5 Å². The first-order valence-corrected chi connectivity index (χ1v) is 11.1. The number of hydrogen-bond acceptors (Lipinski definition) is 3. The van der Waals surface area contributed by atoms with Gasteiger partial charge in [0.05, 0.1) is 5.71 Å². The van der Waals surface area contributed by atoms with Gasteiger partial charge in [0.15, 0.2) is 6.17 Å². The molecule has 0 amide bonds. The molecule has 0 radical (unpaired) electrons. The quantitative estimate of drug-likeness (QED) is 0.494. The predicted molar refractivity (Wildman–Crippen MR) is 130 cm³/mol. The number of allylic oxidation sites excluding steroid dienone is 1. The molecule has 3 N–H and O–H groups in total. The fourth-order valence-corrected chi connectivity index (χ4v) is 4.38. The monoisotopic (exact) mass is 426 g/mol. The number of hydrogen-bond donors (Lipinski definition) is 3. The molecule has 3 aromatic heterocycles. The molecule has 164 valence electrons. The normalized spacial score (nSPS) is 18.6. The number of rotatable bonds is 0. The molecule has 0 fully saturated rings. The van der Waals surface area contributed by atoms with Crippen molar-refractivity contribution < 1.29 is 0 Å². The smallest absolute Gasteiger partial charge is 0.164 e. The van der Waals surface area contributed by atoms with Crippen molar-refractivity contribution in [1.29, 1.82) is 0 Å². The van der Waals surface area contributed by atoms with E-state index in [0.717, 1.165) is 55.6 Å². The Morgan fingerprint density at radius 3 is 1.97 bits per heavy atom. The highest BCUT2D eigenvalue weighted by Crippen LogP contribution is 2.25. The van der Waals surface area contributed by atoms with Crippen molar-refractivity contribution >= 4 is 23.7 Å². The zero-order valence-corrected chi connectivity index (χ0v) is 20.1. The van der Waals surface area contributed by atoms with Gasteiger partial charge in [0.1, 0.15) is 16.8 Å². The summed E-state index contributed by atoms with van der Waals surface area (Å²) in [4.78, 5) is 25.5. The molecule has 3 aromatic rings. The molecule has 32 heavy (non-hydrogen) atoms. The third kappa shape index (κ3) is 2.97. The molecular weight excluding hydrogens is 396 g/mol. The van der Waals surface area contributed by atoms with Gasteiger partial charge in [0.2, 0.25) is 0 Å². The number of nitrogens with one attached hydrogen (secondary N) is 3. The van der Waals surface area contributed by atoms with Crippen LogP contribution in [0.25, 0.3) is 12.2 Å². The van der Waals surface area contributed by atoms with Crippen LogP contribution in [0.2, 0.25) is 0 Å². The van der Waals surface area contributed by atoms with Crippen molar-refractivity contribution in [3.63, 3.8) is 0 Å². The standard InChI is InChI=1S/C26H30N6/c1-11-15(5)23-27-19(11)9-20-12(2)16(6)25(28-20)32-26-18(8)14(4)22(30-26)10-21-13(3)17(7)24(29-21)31-23/h9-10,23,30H,1-8H3,(H,29,31)(H,28,32)/b20-9-,21-10?. The number of fused-ring (bicyclic) bond motifs is 7. The Balaban J connectivity index is 1.91. The van der Waals surface area contributed by atoms with Crippen LogP contribution in [0.4, 0.5) is 5.82 Å². The van der Waals surface area contributed by atoms with Gasteiger partial charge in [0.25, 0.3) is 0 Å². The van der Waals surface area contributed by atoms with Crippen LogP contribution in [0.5, 0.6) is 0 Å². The van der Waals surface area contributed by atoms with E-state index in [-0.39, 0.29) is 6.17 Å². The van der Waals surface area contributed by atoms with E-state index in [1.807, 2.05) is 0 Å². The van der Waals surface area contributed by atoms with Crippen molar-refractivity contribution in [2.45, 2.75) is 61.6 Å². The van der Waals surface area contributed by atoms with Crippen LogP contribution in [-0.4, -0.2) is 26.8 Å². The summed E-state index contributed by atoms with van der Waals surface area (Å²) in [6.07, 6.45) is 4.09. The summed E-state index contributed by atoms with van der Waals surface area (Å²) < 4.78 is 0. The average molecular weight is 427 g/mol. The molecule has 0 saturated heterocycles. The SMILES string of the molecule is CC1=C(C)C2N=C1/C=c1\[nH]c(c(C)c1C)=Nc1[nH]c(c(C)c1C)C=c1[nH]c(c(C)c1C)=N2. The summed E-state index contributed by atoms with van der Waals surface area (Å²) in [5.41, 5.74) is 13.2. The van der Waals surface area contributed by atoms with Crippen molar-refractivity contribution in [3.05, 3.63) is 71.9 Å². The van der Waals surface area contributed by atoms with Crippen molar-refractivity contribution in [2.75, 3.05) is 0 Å². The number of H-pyrrole nitrogens is 3. The Labute approximate surface area is 187 Å². The average Bonchev–Trinajstić information content (AvgIpc) is 3.37. The first kappa shape index (κ1) is 20.5. The Morgan fingerprint density at radius 2 is 1.25 bits per heavy atom. The molecule has 1 unspecified atom stereocenters. The molecule has 0 spiro atoms. The van der Waals surface area contributed by atoms with E-state index in [1.165, 1.54) is 27.8 Å². The Morgan fingerprint density at radius 1 is 0.625 bits per heavy atom. The summed E-state index contributed by atoms with van der Waals surface area (Å²) in [5.74, 6) is 0.882. The molecule has 1 atom stereocenters. The minimum absolute atomic E-state index is 0.208. The van der Waals surface area contributed by atoms with Crippen LogP contribution in [0, 0.1) is 41.5 Å². The molecular formula is C26H30N6. The number of nitrogens with zero attached hydrogens (tertiary/aromatic N) is 3. The molecule has 5 heterocycles. The zero-order chi connectivity index (χ0) is 22.9. The maximum atomic E-state index is 5.01. The summed E-state index contributed by atoms with van der Waals surface area (Å²) >= 11 is 0. The minimum atomic E-state index is -0.208. The van der Waals surface area contributed by atoms with Gasteiger partial charge in [-0.3, -0.25) is 4.99 Å². The highest BCUT2D eigenvalue weighted by atomic mass is 15.0. The Bertz CT molecular complexity index is 1600. The highest BCUT2D eigenvalue weighted by Gasteiger charge is 2.21.